The molecule has 0 bridgehead atoms. The first-order valence-electron chi connectivity index (χ1n) is 8.34. The second-order valence-corrected chi connectivity index (χ2v) is 7.01. The first kappa shape index (κ1) is 18.2. The van der Waals surface area contributed by atoms with Gasteiger partial charge in [0.2, 0.25) is 11.8 Å². The van der Waals surface area contributed by atoms with Crippen LogP contribution in [0.25, 0.3) is 22.6 Å². The molecule has 1 unspecified atom stereocenters. The van der Waals surface area contributed by atoms with Gasteiger partial charge in [-0.25, -0.2) is 18.7 Å². The Bertz CT molecular complexity index is 1170. The van der Waals surface area contributed by atoms with E-state index in [0.717, 1.165) is 0 Å². The van der Waals surface area contributed by atoms with E-state index in [4.69, 9.17) is 5.73 Å². The summed E-state index contributed by atoms with van der Waals surface area (Å²) in [6.45, 7) is 0.270. The zero-order valence-corrected chi connectivity index (χ0v) is 15.3. The quantitative estimate of drug-likeness (QED) is 0.484. The number of benzene rings is 1. The molecule has 1 atom stereocenters. The lowest BCUT2D eigenvalue weighted by atomic mass is 10.2. The molecular weight excluding hydrogens is 385 g/mol. The highest BCUT2D eigenvalue weighted by Gasteiger charge is 2.19. The molecule has 0 amide bonds. The molecule has 3 heterocycles. The Hall–Kier alpha value is -3.18. The fourth-order valence-electron chi connectivity index (χ4n) is 2.85. The van der Waals surface area contributed by atoms with Crippen LogP contribution in [0.1, 0.15) is 5.56 Å². The summed E-state index contributed by atoms with van der Waals surface area (Å²) in [6.07, 6.45) is 1.62. The molecule has 9 nitrogen and oxygen atoms in total. The smallest absolute Gasteiger partial charge is 0.219 e. The highest BCUT2D eigenvalue weighted by molar-refractivity contribution is 7.79. The third-order valence-corrected chi connectivity index (χ3v) is 4.68. The largest absolute Gasteiger partial charge is 0.772 e. The fourth-order valence-corrected chi connectivity index (χ4v) is 3.17. The van der Waals surface area contributed by atoms with E-state index in [0.29, 0.717) is 22.3 Å². The van der Waals surface area contributed by atoms with Crippen LogP contribution in [0.5, 0.6) is 0 Å². The molecule has 0 aliphatic rings. The zero-order chi connectivity index (χ0) is 19.7. The topological polar surface area (TPSA) is 128 Å². The van der Waals surface area contributed by atoms with Crippen molar-refractivity contribution in [1.82, 2.24) is 29.5 Å². The summed E-state index contributed by atoms with van der Waals surface area (Å²) in [5.74, 6) is -0.127. The number of halogens is 1. The summed E-state index contributed by atoms with van der Waals surface area (Å²) < 4.78 is 38.5. The number of rotatable bonds is 6. The van der Waals surface area contributed by atoms with Crippen LogP contribution in [0, 0.1) is 5.82 Å². The van der Waals surface area contributed by atoms with Crippen molar-refractivity contribution in [2.24, 2.45) is 0 Å². The van der Waals surface area contributed by atoms with Crippen LogP contribution in [0.15, 0.2) is 42.6 Å². The van der Waals surface area contributed by atoms with Crippen molar-refractivity contribution in [2.45, 2.75) is 13.1 Å². The Morgan fingerprint density at radius 1 is 1.14 bits per heavy atom. The Kier molecular flexibility index (Phi) is 4.84. The summed E-state index contributed by atoms with van der Waals surface area (Å²) in [5.41, 5.74) is 7.31. The van der Waals surface area contributed by atoms with Crippen molar-refractivity contribution >= 4 is 28.1 Å². The normalized spacial score (nSPS) is 12.5. The monoisotopic (exact) mass is 400 g/mol. The van der Waals surface area contributed by atoms with E-state index in [2.05, 4.69) is 20.2 Å². The van der Waals surface area contributed by atoms with E-state index in [1.165, 1.54) is 10.7 Å². The van der Waals surface area contributed by atoms with E-state index in [9.17, 15) is 13.2 Å². The van der Waals surface area contributed by atoms with Crippen molar-refractivity contribution in [3.63, 3.8) is 0 Å². The number of nitrogens with zero attached hydrogens (tertiary/aromatic N) is 6. The number of pyridine rings is 1. The van der Waals surface area contributed by atoms with Crippen LogP contribution in [0.4, 0.5) is 10.3 Å². The van der Waals surface area contributed by atoms with Gasteiger partial charge in [-0.3, -0.25) is 4.21 Å². The molecule has 1 aromatic carbocycles. The predicted molar refractivity (Wildman–Crippen MR) is 100 cm³/mol. The molecule has 4 aromatic rings. The van der Waals surface area contributed by atoms with E-state index in [1.807, 2.05) is 6.07 Å². The number of hydrogen-bond acceptors (Lipinski definition) is 7. The van der Waals surface area contributed by atoms with Gasteiger partial charge in [-0.05, 0) is 18.2 Å². The summed E-state index contributed by atoms with van der Waals surface area (Å²) in [7, 11) is 0. The molecule has 28 heavy (non-hydrogen) atoms. The lowest BCUT2D eigenvalue weighted by molar-refractivity contribution is 0.528. The van der Waals surface area contributed by atoms with Crippen LogP contribution in [-0.2, 0) is 24.2 Å². The molecule has 11 heteroatoms. The number of fused-ring (bicyclic) bond motifs is 1. The van der Waals surface area contributed by atoms with Gasteiger partial charge in [0, 0.05) is 17.5 Å². The third kappa shape index (κ3) is 3.49. The van der Waals surface area contributed by atoms with E-state index in [-0.39, 0.29) is 36.4 Å². The molecule has 0 aliphatic heterocycles. The average molecular weight is 400 g/mol. The molecule has 144 valence electrons. The Morgan fingerprint density at radius 3 is 2.75 bits per heavy atom. The molecule has 2 N–H and O–H groups in total. The maximum Gasteiger partial charge on any atom is 0.219 e. The minimum absolute atomic E-state index is 0.0844. The highest BCUT2D eigenvalue weighted by Crippen LogP contribution is 2.26. The summed E-state index contributed by atoms with van der Waals surface area (Å²) in [6, 6.07) is 10.0. The third-order valence-electron chi connectivity index (χ3n) is 4.17. The molecule has 0 saturated heterocycles. The molecule has 0 radical (unpaired) electrons. The number of nitrogen functional groups attached to an aromatic ring is 1. The summed E-state index contributed by atoms with van der Waals surface area (Å²) >= 11 is -2.21. The van der Waals surface area contributed by atoms with Crippen molar-refractivity contribution in [2.75, 3.05) is 11.5 Å². The molecule has 3 aromatic heterocycles. The van der Waals surface area contributed by atoms with Crippen molar-refractivity contribution in [3.05, 3.63) is 54.0 Å². The Labute approximate surface area is 161 Å². The first-order valence-corrected chi connectivity index (χ1v) is 9.59. The molecule has 0 spiro atoms. The number of aryl methyl sites for hydroxylation is 1. The lowest BCUT2D eigenvalue weighted by Gasteiger charge is -2.04. The average Bonchev–Trinajstić information content (AvgIpc) is 3.23. The Balaban J connectivity index is 1.76. The van der Waals surface area contributed by atoms with Crippen LogP contribution in [0.3, 0.4) is 0 Å². The van der Waals surface area contributed by atoms with Gasteiger partial charge >= 0.3 is 0 Å². The minimum Gasteiger partial charge on any atom is -0.772 e. The molecule has 0 fully saturated rings. The van der Waals surface area contributed by atoms with E-state index >= 15 is 0 Å². The predicted octanol–water partition coefficient (Wildman–Crippen LogP) is 1.34. The van der Waals surface area contributed by atoms with Crippen molar-refractivity contribution in [3.8, 4) is 11.5 Å². The van der Waals surface area contributed by atoms with Crippen molar-refractivity contribution in [1.29, 1.82) is 0 Å². The summed E-state index contributed by atoms with van der Waals surface area (Å²) in [5, 5.41) is 9.47. The zero-order valence-electron chi connectivity index (χ0n) is 14.5. The van der Waals surface area contributed by atoms with Crippen molar-refractivity contribution < 1.29 is 13.2 Å². The number of nitrogens with two attached hydrogens (primary N) is 1. The van der Waals surface area contributed by atoms with Gasteiger partial charge in [0.1, 0.15) is 11.5 Å². The SMILES string of the molecule is Nc1nc(-c2nn(Cc3ccccc3F)c3ncccc23)nn1CCS(=O)[O-]. The molecule has 0 saturated carbocycles. The fraction of sp³-hybridized carbons (Fsp3) is 0.176. The molecular formula is C17H15FN7O2S-. The molecule has 4 rings (SSSR count). The van der Waals surface area contributed by atoms with Crippen LogP contribution in [-0.4, -0.2) is 44.0 Å². The van der Waals surface area contributed by atoms with Gasteiger partial charge in [0.15, 0.2) is 5.65 Å². The maximum atomic E-state index is 14.1. The van der Waals surface area contributed by atoms with Gasteiger partial charge in [-0.2, -0.15) is 10.1 Å². The number of aromatic nitrogens is 6. The van der Waals surface area contributed by atoms with Gasteiger partial charge < -0.3 is 10.3 Å². The van der Waals surface area contributed by atoms with E-state index < -0.39 is 11.1 Å². The standard InChI is InChI=1S/C17H16FN7O2S/c18-13-6-2-1-4-11(13)10-25-16-12(5-3-7-20-16)14(22-25)15-21-17(19)24(23-15)8-9-28(26)27/h1-7H,8-10H2,(H,26,27)(H2,19,21,23)/p-1. The molecule has 0 aliphatic carbocycles. The second-order valence-electron chi connectivity index (χ2n) is 6.00. The van der Waals surface area contributed by atoms with Gasteiger partial charge in [-0.1, -0.05) is 29.3 Å². The number of hydrogen-bond donors (Lipinski definition) is 1. The number of anilines is 1. The van der Waals surface area contributed by atoms with Gasteiger partial charge in [0.05, 0.1) is 18.5 Å². The first-order chi connectivity index (χ1) is 13.5. The second kappa shape index (κ2) is 7.44. The summed E-state index contributed by atoms with van der Waals surface area (Å²) in [4.78, 5) is 8.54. The maximum absolute atomic E-state index is 14.1. The van der Waals surface area contributed by atoms with Crippen LogP contribution in [0.2, 0.25) is 0 Å². The van der Waals surface area contributed by atoms with Gasteiger partial charge in [0.25, 0.3) is 0 Å². The minimum atomic E-state index is -2.21. The van der Waals surface area contributed by atoms with Crippen LogP contribution >= 0.6 is 0 Å². The Morgan fingerprint density at radius 2 is 1.96 bits per heavy atom. The van der Waals surface area contributed by atoms with E-state index in [1.54, 1.807) is 35.1 Å². The highest BCUT2D eigenvalue weighted by atomic mass is 32.2. The van der Waals surface area contributed by atoms with Crippen LogP contribution < -0.4 is 5.73 Å². The lowest BCUT2D eigenvalue weighted by Crippen LogP contribution is -2.11. The van der Waals surface area contributed by atoms with Gasteiger partial charge in [-0.15, -0.1) is 5.10 Å².